The van der Waals surface area contributed by atoms with Crippen LogP contribution in [0.4, 0.5) is 18.9 Å². The first-order valence-electron chi connectivity index (χ1n) is 5.42. The van der Waals surface area contributed by atoms with E-state index in [9.17, 15) is 13.2 Å². The number of hydrogen-bond acceptors (Lipinski definition) is 2. The van der Waals surface area contributed by atoms with E-state index in [1.165, 1.54) is 12.1 Å². The molecule has 0 saturated carbocycles. The van der Waals surface area contributed by atoms with Crippen molar-refractivity contribution < 1.29 is 13.2 Å². The number of benzene rings is 1. The molecule has 0 unspecified atom stereocenters. The number of alkyl halides is 3. The van der Waals surface area contributed by atoms with Gasteiger partial charge in [-0.1, -0.05) is 25.3 Å². The average molecular weight is 264 g/mol. The van der Waals surface area contributed by atoms with E-state index in [1.807, 2.05) is 0 Å². The zero-order valence-electron chi connectivity index (χ0n) is 9.96. The highest BCUT2D eigenvalue weighted by molar-refractivity contribution is 6.00. The number of hydrogen-bond donors (Lipinski definition) is 1. The molecule has 98 valence electrons. The standard InChI is InChI=1S/C14H11F3N2/c1-3-9-7-11-10(5-4-6-12(11)18)13(19-9)8(2)14(15,16)17/h3-7H,1-2,18H2. The van der Waals surface area contributed by atoms with Gasteiger partial charge in [0.05, 0.1) is 17.0 Å². The van der Waals surface area contributed by atoms with E-state index in [0.717, 1.165) is 0 Å². The monoisotopic (exact) mass is 264 g/mol. The number of allylic oxidation sites excluding steroid dienone is 1. The van der Waals surface area contributed by atoms with Gasteiger partial charge in [-0.3, -0.25) is 0 Å². The van der Waals surface area contributed by atoms with Crippen LogP contribution in [0, 0.1) is 0 Å². The van der Waals surface area contributed by atoms with Crippen molar-refractivity contribution >= 4 is 28.1 Å². The molecule has 0 aliphatic rings. The molecule has 0 fully saturated rings. The highest BCUT2D eigenvalue weighted by Gasteiger charge is 2.34. The molecule has 1 aromatic carbocycles. The molecule has 0 radical (unpaired) electrons. The Balaban J connectivity index is 2.83. The number of aromatic nitrogens is 1. The summed E-state index contributed by atoms with van der Waals surface area (Å²) in [4.78, 5) is 3.93. The fraction of sp³-hybridized carbons (Fsp3) is 0.0714. The molecule has 0 saturated heterocycles. The van der Waals surface area contributed by atoms with Gasteiger partial charge in [0.2, 0.25) is 0 Å². The Bertz CT molecular complexity index is 672. The van der Waals surface area contributed by atoms with Gasteiger partial charge in [-0.05, 0) is 18.2 Å². The molecule has 2 rings (SSSR count). The maximum atomic E-state index is 12.8. The fourth-order valence-electron chi connectivity index (χ4n) is 1.79. The van der Waals surface area contributed by atoms with Crippen LogP contribution >= 0.6 is 0 Å². The van der Waals surface area contributed by atoms with Crippen molar-refractivity contribution in [3.8, 4) is 0 Å². The molecule has 0 atom stereocenters. The minimum Gasteiger partial charge on any atom is -0.398 e. The van der Waals surface area contributed by atoms with Gasteiger partial charge in [0.1, 0.15) is 0 Å². The molecule has 1 heterocycles. The molecule has 5 heteroatoms. The summed E-state index contributed by atoms with van der Waals surface area (Å²) in [5, 5.41) is 0.834. The van der Waals surface area contributed by atoms with Crippen molar-refractivity contribution in [2.75, 3.05) is 5.73 Å². The van der Waals surface area contributed by atoms with Crippen molar-refractivity contribution in [2.45, 2.75) is 6.18 Å². The SMILES string of the molecule is C=Cc1cc2c(N)cccc2c(C(=C)C(F)(F)F)n1. The highest BCUT2D eigenvalue weighted by Crippen LogP contribution is 2.36. The second kappa shape index (κ2) is 4.42. The topological polar surface area (TPSA) is 38.9 Å². The molecule has 0 amide bonds. The summed E-state index contributed by atoms with van der Waals surface area (Å²) in [6.07, 6.45) is -3.16. The van der Waals surface area contributed by atoms with E-state index in [4.69, 9.17) is 5.73 Å². The maximum Gasteiger partial charge on any atom is 0.417 e. The Morgan fingerprint density at radius 2 is 1.95 bits per heavy atom. The number of pyridine rings is 1. The predicted molar refractivity (Wildman–Crippen MR) is 71.3 cm³/mol. The van der Waals surface area contributed by atoms with Gasteiger partial charge in [0.15, 0.2) is 0 Å². The van der Waals surface area contributed by atoms with E-state index in [-0.39, 0.29) is 5.69 Å². The molecule has 19 heavy (non-hydrogen) atoms. The molecular weight excluding hydrogens is 253 g/mol. The molecule has 0 aliphatic heterocycles. The van der Waals surface area contributed by atoms with Crippen molar-refractivity contribution in [2.24, 2.45) is 0 Å². The Labute approximate surface area is 108 Å². The molecular formula is C14H11F3N2. The highest BCUT2D eigenvalue weighted by atomic mass is 19.4. The molecule has 2 aromatic rings. The maximum absolute atomic E-state index is 12.8. The third kappa shape index (κ3) is 2.31. The largest absolute Gasteiger partial charge is 0.417 e. The summed E-state index contributed by atoms with van der Waals surface area (Å²) in [6, 6.07) is 6.35. The van der Waals surface area contributed by atoms with E-state index >= 15 is 0 Å². The third-order valence-electron chi connectivity index (χ3n) is 2.77. The van der Waals surface area contributed by atoms with Crippen LogP contribution in [0.15, 0.2) is 37.4 Å². The van der Waals surface area contributed by atoms with Crippen LogP contribution in [0.2, 0.25) is 0 Å². The quantitative estimate of drug-likeness (QED) is 0.831. The fourth-order valence-corrected chi connectivity index (χ4v) is 1.79. The zero-order valence-corrected chi connectivity index (χ0v) is 9.96. The summed E-state index contributed by atoms with van der Waals surface area (Å²) in [7, 11) is 0. The smallest absolute Gasteiger partial charge is 0.398 e. The van der Waals surface area contributed by atoms with E-state index < -0.39 is 11.7 Å². The first kappa shape index (κ1) is 13.1. The van der Waals surface area contributed by atoms with Gasteiger partial charge in [0.25, 0.3) is 0 Å². The lowest BCUT2D eigenvalue weighted by molar-refractivity contribution is -0.0688. The Morgan fingerprint density at radius 3 is 2.53 bits per heavy atom. The molecule has 0 spiro atoms. The summed E-state index contributed by atoms with van der Waals surface area (Å²) >= 11 is 0. The first-order chi connectivity index (χ1) is 8.84. The minimum absolute atomic E-state index is 0.216. The molecule has 2 N–H and O–H groups in total. The second-order valence-corrected chi connectivity index (χ2v) is 4.02. The van der Waals surface area contributed by atoms with Crippen molar-refractivity contribution in [3.63, 3.8) is 0 Å². The van der Waals surface area contributed by atoms with Crippen LogP contribution in [0.1, 0.15) is 11.4 Å². The normalized spacial score (nSPS) is 11.5. The molecule has 1 aromatic heterocycles. The Morgan fingerprint density at radius 1 is 1.26 bits per heavy atom. The number of anilines is 1. The number of nitrogen functional groups attached to an aromatic ring is 1. The van der Waals surface area contributed by atoms with E-state index in [1.54, 1.807) is 18.2 Å². The van der Waals surface area contributed by atoms with Gasteiger partial charge in [-0.25, -0.2) is 4.98 Å². The average Bonchev–Trinajstić information content (AvgIpc) is 2.36. The van der Waals surface area contributed by atoms with Gasteiger partial charge in [-0.15, -0.1) is 0 Å². The summed E-state index contributed by atoms with van der Waals surface area (Å²) in [5.74, 6) is 0. The number of nitrogens with two attached hydrogens (primary N) is 1. The summed E-state index contributed by atoms with van der Waals surface area (Å²) < 4.78 is 38.4. The van der Waals surface area contributed by atoms with Crippen LogP contribution < -0.4 is 5.73 Å². The van der Waals surface area contributed by atoms with E-state index in [0.29, 0.717) is 22.2 Å². The Hall–Kier alpha value is -2.30. The third-order valence-corrected chi connectivity index (χ3v) is 2.77. The van der Waals surface area contributed by atoms with Crippen LogP contribution in [-0.2, 0) is 0 Å². The summed E-state index contributed by atoms with van der Waals surface area (Å²) in [5.41, 5.74) is 5.29. The summed E-state index contributed by atoms with van der Waals surface area (Å²) in [6.45, 7) is 6.60. The van der Waals surface area contributed by atoms with Crippen LogP contribution in [0.5, 0.6) is 0 Å². The molecule has 2 nitrogen and oxygen atoms in total. The predicted octanol–water partition coefficient (Wildman–Crippen LogP) is 4.04. The van der Waals surface area contributed by atoms with Crippen molar-refractivity contribution in [1.82, 2.24) is 4.98 Å². The van der Waals surface area contributed by atoms with Crippen LogP contribution in [0.3, 0.4) is 0 Å². The van der Waals surface area contributed by atoms with Crippen LogP contribution in [0.25, 0.3) is 22.4 Å². The number of halogens is 3. The van der Waals surface area contributed by atoms with Gasteiger partial charge in [-0.2, -0.15) is 13.2 Å². The Kier molecular flexibility index (Phi) is 3.06. The van der Waals surface area contributed by atoms with E-state index in [2.05, 4.69) is 18.1 Å². The van der Waals surface area contributed by atoms with Gasteiger partial charge < -0.3 is 5.73 Å². The molecule has 0 bridgehead atoms. The van der Waals surface area contributed by atoms with Gasteiger partial charge in [0, 0.05) is 16.5 Å². The van der Waals surface area contributed by atoms with Crippen molar-refractivity contribution in [3.05, 3.63) is 48.8 Å². The lowest BCUT2D eigenvalue weighted by atomic mass is 10.0. The van der Waals surface area contributed by atoms with Crippen LogP contribution in [-0.4, -0.2) is 11.2 Å². The number of fused-ring (bicyclic) bond motifs is 1. The van der Waals surface area contributed by atoms with Crippen molar-refractivity contribution in [1.29, 1.82) is 0 Å². The number of nitrogens with zero attached hydrogens (tertiary/aromatic N) is 1. The lowest BCUT2D eigenvalue weighted by Gasteiger charge is -2.13. The number of rotatable bonds is 2. The zero-order chi connectivity index (χ0) is 14.2. The lowest BCUT2D eigenvalue weighted by Crippen LogP contribution is -2.11. The second-order valence-electron chi connectivity index (χ2n) is 4.02. The first-order valence-corrected chi connectivity index (χ1v) is 5.42. The van der Waals surface area contributed by atoms with Gasteiger partial charge >= 0.3 is 6.18 Å². The molecule has 0 aliphatic carbocycles. The minimum atomic E-state index is -4.54.